The minimum Gasteiger partial charge on any atom is -0.465 e. The summed E-state index contributed by atoms with van der Waals surface area (Å²) < 4.78 is 40.0. The molecule has 2 aromatic rings. The molecule has 4 rings (SSSR count). The molecule has 1 fully saturated rings. The van der Waals surface area contributed by atoms with Crippen molar-refractivity contribution in [2.45, 2.75) is 42.9 Å². The van der Waals surface area contributed by atoms with Gasteiger partial charge in [-0.3, -0.25) is 14.5 Å². The molecular formula is C28H31Cl2F3N4O4. The molecule has 2 aliphatic heterocycles. The van der Waals surface area contributed by atoms with E-state index >= 15 is 0 Å². The number of amides is 3. The van der Waals surface area contributed by atoms with Crippen molar-refractivity contribution in [1.82, 2.24) is 20.0 Å². The van der Waals surface area contributed by atoms with Crippen molar-refractivity contribution >= 4 is 41.1 Å². The van der Waals surface area contributed by atoms with Crippen molar-refractivity contribution in [3.05, 3.63) is 69.2 Å². The number of nitrogens with zero attached hydrogens (tertiary/aromatic N) is 3. The molecule has 2 aromatic carbocycles. The van der Waals surface area contributed by atoms with Crippen LogP contribution in [-0.4, -0.2) is 84.2 Å². The SMILES string of the molecule is CN(CC(CCN1CCC2(CC1)NC(=O)Cc1ccccc12)(c1ccc(Cl)c(Cl)c1)N(C)C(=O)O)C(=O)C(F)(F)F. The van der Waals surface area contributed by atoms with Crippen LogP contribution in [0.1, 0.15) is 36.0 Å². The lowest BCUT2D eigenvalue weighted by atomic mass is 9.75. The fourth-order valence-corrected chi connectivity index (χ4v) is 6.32. The number of halogens is 5. The second kappa shape index (κ2) is 11.7. The van der Waals surface area contributed by atoms with Crippen LogP contribution in [0, 0.1) is 0 Å². The number of carbonyl (C=O) groups excluding carboxylic acids is 2. The number of nitrogens with one attached hydrogen (secondary N) is 1. The zero-order valence-electron chi connectivity index (χ0n) is 22.6. The molecule has 0 saturated carbocycles. The summed E-state index contributed by atoms with van der Waals surface area (Å²) in [6.07, 6.45) is -4.93. The van der Waals surface area contributed by atoms with Crippen molar-refractivity contribution in [1.29, 1.82) is 0 Å². The first kappa shape index (κ1) is 30.9. The summed E-state index contributed by atoms with van der Waals surface area (Å²) in [4.78, 5) is 40.4. The fourth-order valence-electron chi connectivity index (χ4n) is 6.02. The number of likely N-dealkylation sites (N-methyl/N-ethyl adjacent to an activating group) is 2. The Morgan fingerprint density at radius 1 is 1.07 bits per heavy atom. The van der Waals surface area contributed by atoms with E-state index in [1.54, 1.807) is 0 Å². The highest BCUT2D eigenvalue weighted by Gasteiger charge is 2.48. The van der Waals surface area contributed by atoms with Crippen LogP contribution < -0.4 is 5.32 Å². The highest BCUT2D eigenvalue weighted by molar-refractivity contribution is 6.42. The Bertz CT molecular complexity index is 1330. The van der Waals surface area contributed by atoms with Crippen molar-refractivity contribution in [2.24, 2.45) is 0 Å². The lowest BCUT2D eigenvalue weighted by Crippen LogP contribution is -2.58. The second-order valence-corrected chi connectivity index (χ2v) is 11.5. The van der Waals surface area contributed by atoms with Crippen molar-refractivity contribution in [3.63, 3.8) is 0 Å². The van der Waals surface area contributed by atoms with Gasteiger partial charge in [-0.1, -0.05) is 53.5 Å². The number of piperidine rings is 1. The maximum absolute atomic E-state index is 13.3. The average Bonchev–Trinajstić information content (AvgIpc) is 2.92. The van der Waals surface area contributed by atoms with E-state index < -0.39 is 35.8 Å². The van der Waals surface area contributed by atoms with Gasteiger partial charge in [-0.2, -0.15) is 13.2 Å². The van der Waals surface area contributed by atoms with E-state index in [1.807, 2.05) is 24.3 Å². The minimum atomic E-state index is -5.14. The molecule has 1 saturated heterocycles. The summed E-state index contributed by atoms with van der Waals surface area (Å²) in [6.45, 7) is 0.839. The molecule has 0 bridgehead atoms. The molecule has 8 nitrogen and oxygen atoms in total. The highest BCUT2D eigenvalue weighted by atomic mass is 35.5. The van der Waals surface area contributed by atoms with Crippen molar-refractivity contribution in [2.75, 3.05) is 40.3 Å². The third-order valence-corrected chi connectivity index (χ3v) is 9.03. The van der Waals surface area contributed by atoms with E-state index in [-0.39, 0.29) is 22.4 Å². The summed E-state index contributed by atoms with van der Waals surface area (Å²) in [7, 11) is 2.25. The molecule has 13 heteroatoms. The Kier molecular flexibility index (Phi) is 8.82. The molecule has 0 aliphatic carbocycles. The van der Waals surface area contributed by atoms with Gasteiger partial charge in [0.2, 0.25) is 5.91 Å². The molecule has 1 atom stereocenters. The number of hydrogen-bond donors (Lipinski definition) is 2. The van der Waals surface area contributed by atoms with Gasteiger partial charge < -0.3 is 20.2 Å². The quantitative estimate of drug-likeness (QED) is 0.464. The Hall–Kier alpha value is -3.02. The molecule has 3 amide bonds. The largest absolute Gasteiger partial charge is 0.471 e. The van der Waals surface area contributed by atoms with E-state index in [4.69, 9.17) is 23.2 Å². The predicted octanol–water partition coefficient (Wildman–Crippen LogP) is 4.87. The average molecular weight is 615 g/mol. The number of carbonyl (C=O) groups is 3. The van der Waals surface area contributed by atoms with Gasteiger partial charge in [0.15, 0.2) is 0 Å². The third-order valence-electron chi connectivity index (χ3n) is 8.29. The molecule has 1 unspecified atom stereocenters. The lowest BCUT2D eigenvalue weighted by Gasteiger charge is -2.47. The molecule has 2 aliphatic rings. The first-order chi connectivity index (χ1) is 19.2. The van der Waals surface area contributed by atoms with E-state index in [9.17, 15) is 32.7 Å². The second-order valence-electron chi connectivity index (χ2n) is 10.7. The number of rotatable bonds is 7. The van der Waals surface area contributed by atoms with E-state index in [0.29, 0.717) is 49.4 Å². The van der Waals surface area contributed by atoms with Crippen LogP contribution in [0.2, 0.25) is 10.0 Å². The van der Waals surface area contributed by atoms with Crippen molar-refractivity contribution < 1.29 is 32.7 Å². The first-order valence-corrected chi connectivity index (χ1v) is 13.8. The summed E-state index contributed by atoms with van der Waals surface area (Å²) in [6, 6.07) is 12.2. The van der Waals surface area contributed by atoms with Crippen molar-refractivity contribution in [3.8, 4) is 0 Å². The van der Waals surface area contributed by atoms with Crippen LogP contribution in [0.4, 0.5) is 18.0 Å². The van der Waals surface area contributed by atoms with Crippen LogP contribution >= 0.6 is 23.2 Å². The summed E-state index contributed by atoms with van der Waals surface area (Å²) in [5.74, 6) is -2.14. The summed E-state index contributed by atoms with van der Waals surface area (Å²) >= 11 is 12.3. The zero-order chi connectivity index (χ0) is 30.2. The lowest BCUT2D eigenvalue weighted by molar-refractivity contribution is -0.185. The number of alkyl halides is 3. The standard InChI is InChI=1S/C28H31Cl2F3N4O4/c1-35(24(39)28(31,32)33)17-27(36(2)25(40)41,19-7-8-21(29)22(30)16-19)11-14-37-12-9-26(10-13-37)20-6-4-3-5-18(20)15-23(38)34-26/h3-8,16H,9-15,17H2,1-2H3,(H,34,38)(H,40,41). The summed E-state index contributed by atoms with van der Waals surface area (Å²) in [5, 5.41) is 13.5. The number of fused-ring (bicyclic) bond motifs is 2. The van der Waals surface area contributed by atoms with Crippen LogP contribution in [0.15, 0.2) is 42.5 Å². The van der Waals surface area contributed by atoms with Gasteiger partial charge in [0.25, 0.3) is 0 Å². The van der Waals surface area contributed by atoms with Crippen LogP contribution in [0.25, 0.3) is 0 Å². The van der Waals surface area contributed by atoms with Gasteiger partial charge in [0.05, 0.1) is 27.5 Å². The molecule has 222 valence electrons. The molecule has 1 spiro atoms. The van der Waals surface area contributed by atoms with Crippen LogP contribution in [0.3, 0.4) is 0 Å². The van der Waals surface area contributed by atoms with Gasteiger partial charge in [-0.25, -0.2) is 4.79 Å². The molecular weight excluding hydrogens is 584 g/mol. The number of carboxylic acid groups (broad SMARTS) is 1. The molecule has 2 N–H and O–H groups in total. The number of likely N-dealkylation sites (tertiary alicyclic amines) is 1. The zero-order valence-corrected chi connectivity index (χ0v) is 24.1. The van der Waals surface area contributed by atoms with Gasteiger partial charge in [-0.15, -0.1) is 0 Å². The maximum Gasteiger partial charge on any atom is 0.471 e. The van der Waals surface area contributed by atoms with Gasteiger partial charge in [-0.05, 0) is 48.1 Å². The minimum absolute atomic E-state index is 0.0452. The van der Waals surface area contributed by atoms with Gasteiger partial charge in [0, 0.05) is 40.3 Å². The third kappa shape index (κ3) is 6.27. The molecule has 0 radical (unpaired) electrons. The van der Waals surface area contributed by atoms with Crippen LogP contribution in [-0.2, 0) is 27.1 Å². The van der Waals surface area contributed by atoms with E-state index in [2.05, 4.69) is 10.2 Å². The molecule has 2 heterocycles. The Balaban J connectivity index is 1.62. The van der Waals surface area contributed by atoms with E-state index in [0.717, 1.165) is 23.1 Å². The van der Waals surface area contributed by atoms with Gasteiger partial charge in [0.1, 0.15) is 0 Å². The highest BCUT2D eigenvalue weighted by Crippen LogP contribution is 2.40. The first-order valence-electron chi connectivity index (χ1n) is 13.0. The smallest absolute Gasteiger partial charge is 0.465 e. The van der Waals surface area contributed by atoms with Gasteiger partial charge >= 0.3 is 18.2 Å². The maximum atomic E-state index is 13.3. The Labute approximate surface area is 246 Å². The van der Waals surface area contributed by atoms with E-state index in [1.165, 1.54) is 25.2 Å². The normalized spacial score (nSPS) is 18.3. The monoisotopic (exact) mass is 614 g/mol. The Morgan fingerprint density at radius 3 is 2.34 bits per heavy atom. The fraction of sp³-hybridized carbons (Fsp3) is 0.464. The molecule has 41 heavy (non-hydrogen) atoms. The summed E-state index contributed by atoms with van der Waals surface area (Å²) in [5.41, 5.74) is 0.281. The number of hydrogen-bond acceptors (Lipinski definition) is 4. The topological polar surface area (TPSA) is 93.2 Å². The Morgan fingerprint density at radius 2 is 1.73 bits per heavy atom. The predicted molar refractivity (Wildman–Crippen MR) is 148 cm³/mol. The van der Waals surface area contributed by atoms with Crippen LogP contribution in [0.5, 0.6) is 0 Å². The molecule has 0 aromatic heterocycles. The number of benzene rings is 2.